The van der Waals surface area contributed by atoms with E-state index in [-0.39, 0.29) is 5.69 Å². The number of esters is 2. The highest BCUT2D eigenvalue weighted by molar-refractivity contribution is 6.02. The molecule has 2 rings (SSSR count). The summed E-state index contributed by atoms with van der Waals surface area (Å²) < 4.78 is 9.69. The first-order chi connectivity index (χ1) is 12.3. The third kappa shape index (κ3) is 4.47. The molecular weight excluding hydrogens is 334 g/mol. The maximum absolute atomic E-state index is 12.3. The zero-order chi connectivity index (χ0) is 19.3. The van der Waals surface area contributed by atoms with Gasteiger partial charge in [0.15, 0.2) is 6.61 Å². The van der Waals surface area contributed by atoms with Gasteiger partial charge in [0, 0.05) is 11.8 Å². The summed E-state index contributed by atoms with van der Waals surface area (Å²) in [6.45, 7) is 4.87. The molecule has 0 fully saturated rings. The van der Waals surface area contributed by atoms with Crippen LogP contribution < -0.4 is 0 Å². The van der Waals surface area contributed by atoms with Crippen LogP contribution in [0, 0.1) is 20.8 Å². The molecule has 0 aliphatic heterocycles. The van der Waals surface area contributed by atoms with Crippen molar-refractivity contribution < 1.29 is 23.9 Å². The number of hydrogen-bond donors (Lipinski definition) is 1. The number of ether oxygens (including phenoxy) is 2. The van der Waals surface area contributed by atoms with Crippen molar-refractivity contribution in [1.82, 2.24) is 4.98 Å². The molecule has 136 valence electrons. The Bertz CT molecular complexity index is 859. The molecule has 6 heteroatoms. The monoisotopic (exact) mass is 355 g/mol. The SMILES string of the molecule is COC(=O)c1c(C)[nH]c(C(=O)COC(=O)/C=C/c2ccc(C)cc2)c1C. The van der Waals surface area contributed by atoms with Crippen LogP contribution in [0.2, 0.25) is 0 Å². The molecule has 0 radical (unpaired) electrons. The standard InChI is InChI=1S/C20H21NO5/c1-12-5-7-15(8-6-12)9-10-17(23)26-11-16(22)19-13(2)18(14(3)21-19)20(24)25-4/h5-10,21H,11H2,1-4H3/b10-9+. The van der Waals surface area contributed by atoms with E-state index >= 15 is 0 Å². The molecule has 1 aromatic carbocycles. The largest absolute Gasteiger partial charge is 0.465 e. The summed E-state index contributed by atoms with van der Waals surface area (Å²) >= 11 is 0. The van der Waals surface area contributed by atoms with Gasteiger partial charge in [0.05, 0.1) is 18.4 Å². The molecule has 0 amide bonds. The van der Waals surface area contributed by atoms with Crippen LogP contribution in [0.25, 0.3) is 6.08 Å². The molecule has 0 saturated heterocycles. The van der Waals surface area contributed by atoms with Crippen LogP contribution in [-0.4, -0.2) is 36.4 Å². The van der Waals surface area contributed by atoms with Gasteiger partial charge < -0.3 is 14.5 Å². The minimum Gasteiger partial charge on any atom is -0.465 e. The van der Waals surface area contributed by atoms with Crippen LogP contribution in [0.1, 0.15) is 43.2 Å². The quantitative estimate of drug-likeness (QED) is 0.489. The number of nitrogens with one attached hydrogen (secondary N) is 1. The summed E-state index contributed by atoms with van der Waals surface area (Å²) in [6.07, 6.45) is 2.89. The van der Waals surface area contributed by atoms with Crippen molar-refractivity contribution in [3.8, 4) is 0 Å². The molecule has 26 heavy (non-hydrogen) atoms. The Hall–Kier alpha value is -3.15. The Balaban J connectivity index is 1.99. The average Bonchev–Trinajstić information content (AvgIpc) is 2.93. The second kappa shape index (κ2) is 8.29. The number of H-pyrrole nitrogens is 1. The molecule has 2 aromatic rings. The van der Waals surface area contributed by atoms with Crippen LogP contribution >= 0.6 is 0 Å². The first-order valence-electron chi connectivity index (χ1n) is 8.05. The lowest BCUT2D eigenvalue weighted by Gasteiger charge is -2.02. The van der Waals surface area contributed by atoms with E-state index in [1.54, 1.807) is 19.9 Å². The molecule has 1 heterocycles. The fourth-order valence-electron chi connectivity index (χ4n) is 2.54. The van der Waals surface area contributed by atoms with Crippen LogP contribution in [0.15, 0.2) is 30.3 Å². The Morgan fingerprint density at radius 3 is 2.35 bits per heavy atom. The van der Waals surface area contributed by atoms with Crippen LogP contribution in [-0.2, 0) is 14.3 Å². The van der Waals surface area contributed by atoms with E-state index in [2.05, 4.69) is 4.98 Å². The van der Waals surface area contributed by atoms with Crippen LogP contribution in [0.3, 0.4) is 0 Å². The normalized spacial score (nSPS) is 10.8. The lowest BCUT2D eigenvalue weighted by molar-refractivity contribution is -0.136. The molecule has 6 nitrogen and oxygen atoms in total. The number of rotatable bonds is 6. The Morgan fingerprint density at radius 2 is 1.73 bits per heavy atom. The van der Waals surface area contributed by atoms with Gasteiger partial charge in [-0.2, -0.15) is 0 Å². The molecule has 1 N–H and O–H groups in total. The van der Waals surface area contributed by atoms with Gasteiger partial charge in [0.2, 0.25) is 5.78 Å². The zero-order valence-electron chi connectivity index (χ0n) is 15.2. The van der Waals surface area contributed by atoms with Gasteiger partial charge >= 0.3 is 11.9 Å². The fourth-order valence-corrected chi connectivity index (χ4v) is 2.54. The van der Waals surface area contributed by atoms with Crippen LogP contribution in [0.5, 0.6) is 0 Å². The second-order valence-electron chi connectivity index (χ2n) is 5.89. The Labute approximate surface area is 151 Å². The molecule has 0 unspecified atom stereocenters. The number of ketones is 1. The highest BCUT2D eigenvalue weighted by Gasteiger charge is 2.22. The van der Waals surface area contributed by atoms with Gasteiger partial charge in [0.1, 0.15) is 0 Å². The summed E-state index contributed by atoms with van der Waals surface area (Å²) in [5.74, 6) is -1.56. The molecular formula is C20H21NO5. The van der Waals surface area contributed by atoms with Crippen molar-refractivity contribution in [3.05, 3.63) is 64.0 Å². The van der Waals surface area contributed by atoms with Crippen molar-refractivity contribution in [3.63, 3.8) is 0 Å². The molecule has 1 aromatic heterocycles. The van der Waals surface area contributed by atoms with Crippen LogP contribution in [0.4, 0.5) is 0 Å². The molecule has 0 bridgehead atoms. The van der Waals surface area contributed by atoms with Gasteiger partial charge in [-0.25, -0.2) is 9.59 Å². The molecule has 0 aliphatic rings. The number of carbonyl (C=O) groups is 3. The van der Waals surface area contributed by atoms with E-state index in [9.17, 15) is 14.4 Å². The smallest absolute Gasteiger partial charge is 0.339 e. The summed E-state index contributed by atoms with van der Waals surface area (Å²) in [5, 5.41) is 0. The van der Waals surface area contributed by atoms with Crippen molar-refractivity contribution in [2.24, 2.45) is 0 Å². The predicted octanol–water partition coefficient (Wildman–Crippen LogP) is 3.17. The fraction of sp³-hybridized carbons (Fsp3) is 0.250. The van der Waals surface area contributed by atoms with E-state index in [1.165, 1.54) is 13.2 Å². The Kier molecular flexibility index (Phi) is 6.11. The van der Waals surface area contributed by atoms with Gasteiger partial charge in [-0.1, -0.05) is 29.8 Å². The number of Topliss-reactive ketones (excluding diaryl/α,β-unsaturated/α-hetero) is 1. The van der Waals surface area contributed by atoms with Crippen molar-refractivity contribution >= 4 is 23.8 Å². The first-order valence-corrected chi connectivity index (χ1v) is 8.05. The van der Waals surface area contributed by atoms with E-state index in [4.69, 9.17) is 9.47 Å². The lowest BCUT2D eigenvalue weighted by Crippen LogP contribution is -2.14. The maximum Gasteiger partial charge on any atom is 0.339 e. The maximum atomic E-state index is 12.3. The third-order valence-electron chi connectivity index (χ3n) is 3.94. The first kappa shape index (κ1) is 19.2. The highest BCUT2D eigenvalue weighted by Crippen LogP contribution is 2.19. The number of methoxy groups -OCH3 is 1. The van der Waals surface area contributed by atoms with Gasteiger partial charge in [-0.05, 0) is 38.0 Å². The molecule has 0 aliphatic carbocycles. The molecule has 0 spiro atoms. The highest BCUT2D eigenvalue weighted by atomic mass is 16.5. The number of carbonyl (C=O) groups excluding carboxylic acids is 3. The summed E-state index contributed by atoms with van der Waals surface area (Å²) in [4.78, 5) is 38.7. The van der Waals surface area contributed by atoms with Crippen molar-refractivity contribution in [2.75, 3.05) is 13.7 Å². The Morgan fingerprint density at radius 1 is 1.08 bits per heavy atom. The molecule has 0 atom stereocenters. The minimum absolute atomic E-state index is 0.234. The number of benzene rings is 1. The van der Waals surface area contributed by atoms with Gasteiger partial charge in [0.25, 0.3) is 0 Å². The van der Waals surface area contributed by atoms with E-state index < -0.39 is 24.3 Å². The lowest BCUT2D eigenvalue weighted by atomic mass is 10.1. The van der Waals surface area contributed by atoms with Gasteiger partial charge in [-0.3, -0.25) is 4.79 Å². The zero-order valence-corrected chi connectivity index (χ0v) is 15.2. The number of hydrogen-bond acceptors (Lipinski definition) is 5. The number of aromatic nitrogens is 1. The number of aromatic amines is 1. The van der Waals surface area contributed by atoms with Gasteiger partial charge in [-0.15, -0.1) is 0 Å². The summed E-state index contributed by atoms with van der Waals surface area (Å²) in [5.41, 5.74) is 3.55. The third-order valence-corrected chi connectivity index (χ3v) is 3.94. The van der Waals surface area contributed by atoms with E-state index in [1.807, 2.05) is 31.2 Å². The molecule has 0 saturated carbocycles. The summed E-state index contributed by atoms with van der Waals surface area (Å²) in [7, 11) is 1.28. The topological polar surface area (TPSA) is 85.5 Å². The second-order valence-corrected chi connectivity index (χ2v) is 5.89. The number of aryl methyl sites for hydroxylation is 2. The van der Waals surface area contributed by atoms with Crippen molar-refractivity contribution in [1.29, 1.82) is 0 Å². The van der Waals surface area contributed by atoms with E-state index in [0.717, 1.165) is 11.1 Å². The van der Waals surface area contributed by atoms with E-state index in [0.29, 0.717) is 16.8 Å². The predicted molar refractivity (Wildman–Crippen MR) is 97.1 cm³/mol. The summed E-state index contributed by atoms with van der Waals surface area (Å²) in [6, 6.07) is 7.63. The minimum atomic E-state index is -0.618. The average molecular weight is 355 g/mol. The van der Waals surface area contributed by atoms with Crippen molar-refractivity contribution in [2.45, 2.75) is 20.8 Å².